The highest BCUT2D eigenvalue weighted by Gasteiger charge is 2.35. The van der Waals surface area contributed by atoms with E-state index in [9.17, 15) is 13.2 Å². The van der Waals surface area contributed by atoms with E-state index >= 15 is 0 Å². The van der Waals surface area contributed by atoms with Gasteiger partial charge in [-0.15, -0.1) is 0 Å². The van der Waals surface area contributed by atoms with Crippen molar-refractivity contribution in [3.8, 4) is 5.88 Å². The zero-order valence-electron chi connectivity index (χ0n) is 14.2. The van der Waals surface area contributed by atoms with E-state index in [0.29, 0.717) is 18.5 Å². The Balaban J connectivity index is 1.76. The van der Waals surface area contributed by atoms with Crippen LogP contribution >= 0.6 is 0 Å². The smallest absolute Gasteiger partial charge is 0.422 e. The van der Waals surface area contributed by atoms with Gasteiger partial charge in [0.15, 0.2) is 6.61 Å². The summed E-state index contributed by atoms with van der Waals surface area (Å²) in [4.78, 5) is 3.90. The standard InChI is InChI=1S/C16H25F3N4O/c1-15(2,3)14-12(9-22-23-14)8-20-6-11-4-5-13(21-7-11)24-10-16(17,18)19/h4-5,7,12,14,20,22-23H,6,8-10H2,1-3H3. The Bertz CT molecular complexity index is 514. The van der Waals surface area contributed by atoms with Crippen LogP contribution < -0.4 is 20.9 Å². The van der Waals surface area contributed by atoms with Gasteiger partial charge >= 0.3 is 6.18 Å². The van der Waals surface area contributed by atoms with E-state index in [4.69, 9.17) is 0 Å². The van der Waals surface area contributed by atoms with Gasteiger partial charge in [0.1, 0.15) is 0 Å². The van der Waals surface area contributed by atoms with Gasteiger partial charge in [0.2, 0.25) is 5.88 Å². The summed E-state index contributed by atoms with van der Waals surface area (Å²) in [5.41, 5.74) is 7.58. The number of pyridine rings is 1. The van der Waals surface area contributed by atoms with E-state index < -0.39 is 12.8 Å². The average molecular weight is 346 g/mol. The van der Waals surface area contributed by atoms with E-state index in [1.165, 1.54) is 12.3 Å². The normalized spacial score (nSPS) is 21.9. The molecule has 3 N–H and O–H groups in total. The lowest BCUT2D eigenvalue weighted by atomic mass is 9.80. The van der Waals surface area contributed by atoms with Gasteiger partial charge in [-0.2, -0.15) is 13.2 Å². The Kier molecular flexibility index (Phi) is 6.06. The summed E-state index contributed by atoms with van der Waals surface area (Å²) >= 11 is 0. The zero-order chi connectivity index (χ0) is 17.8. The van der Waals surface area contributed by atoms with Crippen LogP contribution in [-0.4, -0.2) is 36.9 Å². The third kappa shape index (κ3) is 5.92. The lowest BCUT2D eigenvalue weighted by Crippen LogP contribution is -2.44. The molecule has 0 bridgehead atoms. The maximum atomic E-state index is 12.1. The van der Waals surface area contributed by atoms with Crippen molar-refractivity contribution in [2.75, 3.05) is 19.7 Å². The van der Waals surface area contributed by atoms with E-state index in [0.717, 1.165) is 18.7 Å². The second kappa shape index (κ2) is 7.67. The largest absolute Gasteiger partial charge is 0.468 e. The summed E-state index contributed by atoms with van der Waals surface area (Å²) in [5.74, 6) is 0.445. The molecule has 0 amide bonds. The van der Waals surface area contributed by atoms with Crippen LogP contribution in [0.2, 0.25) is 0 Å². The molecule has 0 spiro atoms. The van der Waals surface area contributed by atoms with Gasteiger partial charge < -0.3 is 10.1 Å². The first-order valence-corrected chi connectivity index (χ1v) is 7.99. The second-order valence-electron chi connectivity index (χ2n) is 7.17. The van der Waals surface area contributed by atoms with Crippen LogP contribution in [0.3, 0.4) is 0 Å². The minimum atomic E-state index is -4.35. The number of hydrazine groups is 1. The number of alkyl halides is 3. The number of nitrogens with one attached hydrogen (secondary N) is 3. The van der Waals surface area contributed by atoms with Crippen molar-refractivity contribution in [1.82, 2.24) is 21.2 Å². The van der Waals surface area contributed by atoms with Crippen LogP contribution in [0.5, 0.6) is 5.88 Å². The molecular weight excluding hydrogens is 321 g/mol. The first-order chi connectivity index (χ1) is 11.1. The number of rotatable bonds is 6. The van der Waals surface area contributed by atoms with Crippen LogP contribution in [-0.2, 0) is 6.54 Å². The van der Waals surface area contributed by atoms with Crippen molar-refractivity contribution in [3.05, 3.63) is 23.9 Å². The average Bonchev–Trinajstić information content (AvgIpc) is 2.94. The summed E-state index contributed by atoms with van der Waals surface area (Å²) in [6, 6.07) is 3.55. The van der Waals surface area contributed by atoms with Crippen LogP contribution in [0, 0.1) is 11.3 Å². The highest BCUT2D eigenvalue weighted by atomic mass is 19.4. The minimum Gasteiger partial charge on any atom is -0.468 e. The molecule has 0 aromatic carbocycles. The number of halogens is 3. The molecule has 1 aliphatic heterocycles. The molecule has 2 unspecified atom stereocenters. The predicted molar refractivity (Wildman–Crippen MR) is 85.4 cm³/mol. The molecule has 0 aliphatic carbocycles. The Morgan fingerprint density at radius 2 is 2.04 bits per heavy atom. The molecule has 2 rings (SSSR count). The van der Waals surface area contributed by atoms with Gasteiger partial charge in [-0.1, -0.05) is 26.8 Å². The van der Waals surface area contributed by atoms with Crippen LogP contribution in [0.1, 0.15) is 26.3 Å². The fraction of sp³-hybridized carbons (Fsp3) is 0.688. The minimum absolute atomic E-state index is 0.0203. The Hall–Kier alpha value is -1.38. The molecule has 0 saturated carbocycles. The van der Waals surface area contributed by atoms with Crippen molar-refractivity contribution >= 4 is 0 Å². The van der Waals surface area contributed by atoms with Crippen LogP contribution in [0.15, 0.2) is 18.3 Å². The van der Waals surface area contributed by atoms with Gasteiger partial charge in [0.25, 0.3) is 0 Å². The van der Waals surface area contributed by atoms with Gasteiger partial charge in [-0.25, -0.2) is 4.98 Å². The molecular formula is C16H25F3N4O. The Labute approximate surface area is 140 Å². The zero-order valence-corrected chi connectivity index (χ0v) is 14.2. The molecule has 5 nitrogen and oxygen atoms in total. The van der Waals surface area contributed by atoms with Crippen molar-refractivity contribution in [3.63, 3.8) is 0 Å². The van der Waals surface area contributed by atoms with Gasteiger partial charge in [0.05, 0.1) is 0 Å². The summed E-state index contributed by atoms with van der Waals surface area (Å²) < 4.78 is 40.8. The lowest BCUT2D eigenvalue weighted by molar-refractivity contribution is -0.154. The second-order valence-corrected chi connectivity index (χ2v) is 7.17. The van der Waals surface area contributed by atoms with Crippen molar-refractivity contribution < 1.29 is 17.9 Å². The third-order valence-electron chi connectivity index (χ3n) is 3.94. The molecule has 1 aromatic heterocycles. The van der Waals surface area contributed by atoms with Crippen LogP contribution in [0.4, 0.5) is 13.2 Å². The van der Waals surface area contributed by atoms with Gasteiger partial charge in [-0.3, -0.25) is 10.9 Å². The SMILES string of the molecule is CC(C)(C)C1NNCC1CNCc1ccc(OCC(F)(F)F)nc1. The maximum absolute atomic E-state index is 12.1. The highest BCUT2D eigenvalue weighted by Crippen LogP contribution is 2.26. The number of ether oxygens (including phenoxy) is 1. The monoisotopic (exact) mass is 346 g/mol. The molecule has 0 radical (unpaired) electrons. The van der Waals surface area contributed by atoms with Crippen molar-refractivity contribution in [1.29, 1.82) is 0 Å². The van der Waals surface area contributed by atoms with E-state index in [1.807, 2.05) is 0 Å². The van der Waals surface area contributed by atoms with E-state index in [-0.39, 0.29) is 11.3 Å². The summed E-state index contributed by atoms with van der Waals surface area (Å²) in [6.45, 7) is 7.63. The first-order valence-electron chi connectivity index (χ1n) is 7.99. The number of nitrogens with zero attached hydrogens (tertiary/aromatic N) is 1. The first kappa shape index (κ1) is 19.0. The van der Waals surface area contributed by atoms with Gasteiger partial charge in [0, 0.05) is 43.9 Å². The topological polar surface area (TPSA) is 58.2 Å². The molecule has 1 aromatic rings. The maximum Gasteiger partial charge on any atom is 0.422 e. The van der Waals surface area contributed by atoms with E-state index in [1.54, 1.807) is 6.07 Å². The highest BCUT2D eigenvalue weighted by molar-refractivity contribution is 5.17. The Morgan fingerprint density at radius 3 is 2.62 bits per heavy atom. The number of hydrogen-bond acceptors (Lipinski definition) is 5. The fourth-order valence-electron chi connectivity index (χ4n) is 2.81. The summed E-state index contributed by atoms with van der Waals surface area (Å²) in [6.07, 6.45) is -2.82. The molecule has 2 atom stereocenters. The van der Waals surface area contributed by atoms with Crippen LogP contribution in [0.25, 0.3) is 0 Å². The molecule has 1 aliphatic rings. The molecule has 1 fully saturated rings. The Morgan fingerprint density at radius 1 is 1.29 bits per heavy atom. The molecule has 8 heteroatoms. The summed E-state index contributed by atoms with van der Waals surface area (Å²) in [5, 5.41) is 3.38. The van der Waals surface area contributed by atoms with E-state index in [2.05, 4.69) is 46.7 Å². The summed E-state index contributed by atoms with van der Waals surface area (Å²) in [7, 11) is 0. The lowest BCUT2D eigenvalue weighted by Gasteiger charge is -2.31. The molecule has 24 heavy (non-hydrogen) atoms. The molecule has 136 valence electrons. The number of aromatic nitrogens is 1. The van der Waals surface area contributed by atoms with Gasteiger partial charge in [-0.05, 0) is 11.0 Å². The molecule has 1 saturated heterocycles. The molecule has 2 heterocycles. The number of hydrogen-bond donors (Lipinski definition) is 3. The quantitative estimate of drug-likeness (QED) is 0.738. The fourth-order valence-corrected chi connectivity index (χ4v) is 2.81. The predicted octanol–water partition coefficient (Wildman–Crippen LogP) is 2.25. The van der Waals surface area contributed by atoms with Crippen molar-refractivity contribution in [2.45, 2.75) is 39.5 Å². The van der Waals surface area contributed by atoms with Crippen molar-refractivity contribution in [2.24, 2.45) is 11.3 Å². The third-order valence-corrected chi connectivity index (χ3v) is 3.94.